The first-order chi connectivity index (χ1) is 23.1. The molecule has 0 atom stereocenters. The number of aliphatic imine (C=N–C) groups is 2. The first-order valence-electron chi connectivity index (χ1n) is 16.0. The lowest BCUT2D eigenvalue weighted by molar-refractivity contribution is 1.25. The van der Waals surface area contributed by atoms with Gasteiger partial charge in [0.05, 0.1) is 28.1 Å². The number of aryl methyl sites for hydroxylation is 2. The smallest absolute Gasteiger partial charge is 0.160 e. The average Bonchev–Trinajstić information content (AvgIpc) is 3.36. The monoisotopic (exact) mass is 604 g/mol. The van der Waals surface area contributed by atoms with Crippen LogP contribution < -0.4 is 0 Å². The predicted octanol–water partition coefficient (Wildman–Crippen LogP) is 10.4. The van der Waals surface area contributed by atoms with E-state index in [0.717, 1.165) is 78.0 Å². The fraction of sp³-hybridized carbons (Fsp3) is 0.0698. The van der Waals surface area contributed by atoms with E-state index in [0.29, 0.717) is 12.3 Å². The Morgan fingerprint density at radius 1 is 0.489 bits per heavy atom. The summed E-state index contributed by atoms with van der Waals surface area (Å²) >= 11 is 0. The SMILES string of the molecule is Cc1ccc2ccc3c(C)cc(-c4ccc(-c5ccc(C6=NC(c7ccccc7)=CCC(c7ccccc7)=N6)cc5)cc4)nc3c2n1. The van der Waals surface area contributed by atoms with Gasteiger partial charge in [-0.15, -0.1) is 0 Å². The van der Waals surface area contributed by atoms with Crippen molar-refractivity contribution in [2.45, 2.75) is 20.3 Å². The topological polar surface area (TPSA) is 50.5 Å². The third kappa shape index (κ3) is 5.66. The van der Waals surface area contributed by atoms with Gasteiger partial charge in [-0.3, -0.25) is 4.98 Å². The van der Waals surface area contributed by atoms with Crippen molar-refractivity contribution in [3.63, 3.8) is 0 Å². The molecule has 0 saturated carbocycles. The highest BCUT2D eigenvalue weighted by molar-refractivity contribution is 6.15. The number of amidine groups is 1. The van der Waals surface area contributed by atoms with E-state index in [4.69, 9.17) is 20.0 Å². The van der Waals surface area contributed by atoms with Crippen LogP contribution in [0.25, 0.3) is 49.9 Å². The lowest BCUT2D eigenvalue weighted by Crippen LogP contribution is -2.04. The van der Waals surface area contributed by atoms with E-state index in [-0.39, 0.29) is 0 Å². The number of aromatic nitrogens is 2. The van der Waals surface area contributed by atoms with Gasteiger partial charge in [0, 0.05) is 34.0 Å². The minimum atomic E-state index is 0.712. The van der Waals surface area contributed by atoms with Crippen LogP contribution in [0.4, 0.5) is 0 Å². The normalized spacial score (nSPS) is 13.2. The molecule has 0 bridgehead atoms. The highest BCUT2D eigenvalue weighted by Crippen LogP contribution is 2.31. The molecule has 4 nitrogen and oxygen atoms in total. The highest BCUT2D eigenvalue weighted by atomic mass is 14.9. The summed E-state index contributed by atoms with van der Waals surface area (Å²) in [4.78, 5) is 20.1. The number of hydrogen-bond acceptors (Lipinski definition) is 4. The molecule has 3 heterocycles. The largest absolute Gasteiger partial charge is 0.251 e. The molecule has 224 valence electrons. The Balaban J connectivity index is 1.11. The minimum Gasteiger partial charge on any atom is -0.251 e. The standard InChI is InChI=1S/C43H32N4/c1-28-27-40(45-42-37(28)24-23-35-14-13-29(2)44-41(35)42)34-19-15-30(16-20-34)31-17-21-36(22-18-31)43-46-38(32-9-5-3-6-10-32)25-26-39(47-43)33-11-7-4-8-12-33/h3-25,27H,26H2,1-2H3. The maximum atomic E-state index is 5.11. The van der Waals surface area contributed by atoms with E-state index in [1.807, 2.05) is 37.3 Å². The molecule has 47 heavy (non-hydrogen) atoms. The summed E-state index contributed by atoms with van der Waals surface area (Å²) < 4.78 is 0. The lowest BCUT2D eigenvalue weighted by atomic mass is 9.99. The predicted molar refractivity (Wildman–Crippen MR) is 196 cm³/mol. The second-order valence-electron chi connectivity index (χ2n) is 12.0. The van der Waals surface area contributed by atoms with Gasteiger partial charge in [0.2, 0.25) is 0 Å². The number of fused-ring (bicyclic) bond motifs is 3. The maximum Gasteiger partial charge on any atom is 0.160 e. The number of benzene rings is 5. The summed E-state index contributed by atoms with van der Waals surface area (Å²) in [6.07, 6.45) is 2.89. The average molecular weight is 605 g/mol. The summed E-state index contributed by atoms with van der Waals surface area (Å²) in [6, 6.07) is 48.5. The van der Waals surface area contributed by atoms with Crippen LogP contribution >= 0.6 is 0 Å². The van der Waals surface area contributed by atoms with Gasteiger partial charge in [-0.05, 0) is 53.8 Å². The Labute approximate surface area is 274 Å². The van der Waals surface area contributed by atoms with Crippen LogP contribution in [-0.2, 0) is 0 Å². The highest BCUT2D eigenvalue weighted by Gasteiger charge is 2.14. The summed E-state index contributed by atoms with van der Waals surface area (Å²) in [5.41, 5.74) is 13.5. The number of hydrogen-bond donors (Lipinski definition) is 0. The third-order valence-electron chi connectivity index (χ3n) is 8.77. The van der Waals surface area contributed by atoms with Gasteiger partial charge in [0.1, 0.15) is 0 Å². The summed E-state index contributed by atoms with van der Waals surface area (Å²) in [5, 5.41) is 2.25. The summed E-state index contributed by atoms with van der Waals surface area (Å²) in [7, 11) is 0. The molecule has 5 aromatic carbocycles. The zero-order valence-electron chi connectivity index (χ0n) is 26.4. The van der Waals surface area contributed by atoms with E-state index in [9.17, 15) is 0 Å². The Morgan fingerprint density at radius 3 is 1.81 bits per heavy atom. The molecule has 1 aliphatic heterocycles. The van der Waals surface area contributed by atoms with Crippen molar-refractivity contribution in [3.8, 4) is 22.4 Å². The van der Waals surface area contributed by atoms with Crippen molar-refractivity contribution < 1.29 is 0 Å². The van der Waals surface area contributed by atoms with Gasteiger partial charge in [-0.1, -0.05) is 133 Å². The van der Waals surface area contributed by atoms with Gasteiger partial charge < -0.3 is 0 Å². The molecule has 0 amide bonds. The fourth-order valence-electron chi connectivity index (χ4n) is 6.22. The number of nitrogens with zero attached hydrogens (tertiary/aromatic N) is 4. The summed E-state index contributed by atoms with van der Waals surface area (Å²) in [5.74, 6) is 0.716. The maximum absolute atomic E-state index is 5.11. The molecule has 0 aliphatic carbocycles. The fourth-order valence-corrected chi connectivity index (χ4v) is 6.22. The Bertz CT molecular complexity index is 2350. The molecule has 0 N–H and O–H groups in total. The van der Waals surface area contributed by atoms with E-state index >= 15 is 0 Å². The molecule has 0 spiro atoms. The van der Waals surface area contributed by atoms with Crippen LogP contribution in [0.3, 0.4) is 0 Å². The molecular formula is C43H32N4. The van der Waals surface area contributed by atoms with E-state index in [1.54, 1.807) is 0 Å². The van der Waals surface area contributed by atoms with Crippen molar-refractivity contribution in [2.75, 3.05) is 0 Å². The van der Waals surface area contributed by atoms with Gasteiger partial charge in [-0.25, -0.2) is 15.0 Å². The van der Waals surface area contributed by atoms with Gasteiger partial charge in [-0.2, -0.15) is 0 Å². The van der Waals surface area contributed by atoms with Crippen LogP contribution in [-0.4, -0.2) is 21.5 Å². The quantitative estimate of drug-likeness (QED) is 0.184. The Hall–Kier alpha value is -6.00. The Kier molecular flexibility index (Phi) is 7.31. The number of rotatable bonds is 5. The van der Waals surface area contributed by atoms with E-state index in [1.165, 1.54) is 5.56 Å². The number of pyridine rings is 2. The van der Waals surface area contributed by atoms with Crippen molar-refractivity contribution in [1.82, 2.24) is 9.97 Å². The molecule has 8 rings (SSSR count). The second kappa shape index (κ2) is 12.1. The second-order valence-corrected chi connectivity index (χ2v) is 12.0. The first kappa shape index (κ1) is 28.5. The molecule has 2 aromatic heterocycles. The molecule has 7 aromatic rings. The van der Waals surface area contributed by atoms with Crippen molar-refractivity contribution in [1.29, 1.82) is 0 Å². The third-order valence-corrected chi connectivity index (χ3v) is 8.77. The van der Waals surface area contributed by atoms with Crippen LogP contribution in [0.15, 0.2) is 156 Å². The van der Waals surface area contributed by atoms with Crippen molar-refractivity contribution in [2.24, 2.45) is 9.98 Å². The Morgan fingerprint density at radius 2 is 1.11 bits per heavy atom. The molecule has 0 saturated heterocycles. The minimum absolute atomic E-state index is 0.712. The van der Waals surface area contributed by atoms with Gasteiger partial charge in [0.15, 0.2) is 5.84 Å². The van der Waals surface area contributed by atoms with Crippen LogP contribution in [0.5, 0.6) is 0 Å². The van der Waals surface area contributed by atoms with Gasteiger partial charge >= 0.3 is 0 Å². The summed E-state index contributed by atoms with van der Waals surface area (Å²) in [6.45, 7) is 4.17. The molecular weight excluding hydrogens is 573 g/mol. The molecule has 0 fully saturated rings. The van der Waals surface area contributed by atoms with Crippen molar-refractivity contribution >= 4 is 39.1 Å². The van der Waals surface area contributed by atoms with Crippen LogP contribution in [0, 0.1) is 13.8 Å². The number of allylic oxidation sites excluding steroid dienone is 1. The van der Waals surface area contributed by atoms with E-state index < -0.39 is 0 Å². The van der Waals surface area contributed by atoms with Crippen LogP contribution in [0.2, 0.25) is 0 Å². The van der Waals surface area contributed by atoms with Crippen LogP contribution in [0.1, 0.15) is 34.4 Å². The first-order valence-corrected chi connectivity index (χ1v) is 16.0. The molecule has 0 unspecified atom stereocenters. The van der Waals surface area contributed by atoms with Gasteiger partial charge in [0.25, 0.3) is 0 Å². The zero-order chi connectivity index (χ0) is 31.7. The van der Waals surface area contributed by atoms with E-state index in [2.05, 4.69) is 122 Å². The molecule has 1 aliphatic rings. The lowest BCUT2D eigenvalue weighted by Gasteiger charge is -2.10. The zero-order valence-corrected chi connectivity index (χ0v) is 26.4. The molecule has 0 radical (unpaired) electrons. The molecule has 4 heteroatoms. The van der Waals surface area contributed by atoms with Crippen molar-refractivity contribution in [3.05, 3.63) is 174 Å².